The molecule has 0 saturated heterocycles. The second-order valence-electron chi connectivity index (χ2n) is 8.86. The van der Waals surface area contributed by atoms with Gasteiger partial charge in [-0.1, -0.05) is 0 Å². The Morgan fingerprint density at radius 1 is 0.588 bits per heavy atom. The Labute approximate surface area is 212 Å². The third-order valence-corrected chi connectivity index (χ3v) is 16.1. The van der Waals surface area contributed by atoms with Gasteiger partial charge in [-0.2, -0.15) is 0 Å². The molecule has 0 aliphatic rings. The van der Waals surface area contributed by atoms with Gasteiger partial charge in [-0.3, -0.25) is 0 Å². The summed E-state index contributed by atoms with van der Waals surface area (Å²) in [4.78, 5) is 0. The van der Waals surface area contributed by atoms with Crippen molar-refractivity contribution in [1.82, 2.24) is 0 Å². The van der Waals surface area contributed by atoms with Crippen LogP contribution in [-0.4, -0.2) is 6.61 Å². The summed E-state index contributed by atoms with van der Waals surface area (Å²) in [6.45, 7) is 3.00. The summed E-state index contributed by atoms with van der Waals surface area (Å²) in [6.07, 6.45) is 5.65. The Morgan fingerprint density at radius 3 is 1.56 bits per heavy atom. The van der Waals surface area contributed by atoms with Crippen molar-refractivity contribution >= 4 is 36.7 Å². The molecule has 4 aromatic carbocycles. The van der Waals surface area contributed by atoms with Gasteiger partial charge in [0.1, 0.15) is 0 Å². The van der Waals surface area contributed by atoms with Crippen LogP contribution < -0.4 is 20.7 Å². The van der Waals surface area contributed by atoms with E-state index in [1.54, 1.807) is 0 Å². The average Bonchev–Trinajstić information content (AvgIpc) is 2.91. The molecule has 0 heterocycles. The minimum absolute atomic E-state index is 0.761. The molecule has 0 aliphatic carbocycles. The number of hydrogen-bond donors (Lipinski definition) is 0. The summed E-state index contributed by atoms with van der Waals surface area (Å²) in [5.74, 6) is 0.996. The van der Waals surface area contributed by atoms with Crippen molar-refractivity contribution in [3.63, 3.8) is 0 Å². The van der Waals surface area contributed by atoms with Gasteiger partial charge >= 0.3 is 213 Å². The number of benzene rings is 4. The number of halogens is 1. The zero-order chi connectivity index (χ0) is 23.7. The van der Waals surface area contributed by atoms with E-state index in [4.69, 9.17) is 4.74 Å². The van der Waals surface area contributed by atoms with Gasteiger partial charge in [-0.25, -0.2) is 0 Å². The van der Waals surface area contributed by atoms with Crippen LogP contribution in [0.3, 0.4) is 0 Å². The number of ether oxygens (including phenoxy) is 1. The topological polar surface area (TPSA) is 9.23 Å². The zero-order valence-electron chi connectivity index (χ0n) is 19.9. The fraction of sp³-hybridized carbons (Fsp3) is 0.226. The molecular weight excluding hydrogens is 499 g/mol. The second-order valence-corrected chi connectivity index (χ2v) is 17.8. The van der Waals surface area contributed by atoms with E-state index >= 15 is 0 Å². The van der Waals surface area contributed by atoms with Gasteiger partial charge < -0.3 is 0 Å². The van der Waals surface area contributed by atoms with Crippen LogP contribution in [0.1, 0.15) is 38.2 Å². The Morgan fingerprint density at radius 2 is 1.06 bits per heavy atom. The molecule has 4 aromatic rings. The summed E-state index contributed by atoms with van der Waals surface area (Å²) in [7, 11) is 0. The summed E-state index contributed by atoms with van der Waals surface area (Å²) in [6, 6.07) is 41.5. The van der Waals surface area contributed by atoms with Crippen molar-refractivity contribution in [2.45, 2.75) is 38.8 Å². The van der Waals surface area contributed by atoms with E-state index in [9.17, 15) is 0 Å². The van der Waals surface area contributed by atoms with Crippen LogP contribution in [0.2, 0.25) is 0 Å². The van der Waals surface area contributed by atoms with E-state index in [1.807, 2.05) is 0 Å². The van der Waals surface area contributed by atoms with Gasteiger partial charge in [-0.05, 0) is 0 Å². The van der Waals surface area contributed by atoms with E-state index in [0.717, 1.165) is 24.9 Å². The van der Waals surface area contributed by atoms with E-state index < -0.39 is 5.31 Å². The Hall–Kier alpha value is -2.41. The Balaban J connectivity index is 1.86. The van der Waals surface area contributed by atoms with Crippen LogP contribution in [-0.2, 0) is 6.16 Å². The van der Waals surface area contributed by atoms with Crippen LogP contribution in [0.25, 0.3) is 0 Å². The van der Waals surface area contributed by atoms with Gasteiger partial charge in [0.05, 0.1) is 0 Å². The van der Waals surface area contributed by atoms with Gasteiger partial charge in [0.25, 0.3) is 0 Å². The molecule has 0 saturated carbocycles. The van der Waals surface area contributed by atoms with Crippen molar-refractivity contribution in [3.8, 4) is 5.75 Å². The van der Waals surface area contributed by atoms with Crippen molar-refractivity contribution in [3.05, 3.63) is 121 Å². The first-order valence-corrected chi connectivity index (χ1v) is 16.7. The molecule has 0 spiro atoms. The van der Waals surface area contributed by atoms with Crippen molar-refractivity contribution in [1.29, 1.82) is 0 Å². The molecule has 0 atom stereocenters. The predicted molar refractivity (Wildman–Crippen MR) is 154 cm³/mol. The fourth-order valence-corrected chi connectivity index (χ4v) is 12.4. The van der Waals surface area contributed by atoms with Crippen molar-refractivity contribution < 1.29 is 4.74 Å². The quantitative estimate of drug-likeness (QED) is 0.140. The van der Waals surface area contributed by atoms with Gasteiger partial charge in [0.2, 0.25) is 0 Å². The third-order valence-electron chi connectivity index (χ3n) is 6.58. The van der Waals surface area contributed by atoms with Gasteiger partial charge in [0.15, 0.2) is 0 Å². The molecule has 1 nitrogen and oxygen atoms in total. The van der Waals surface area contributed by atoms with Crippen LogP contribution in [0.5, 0.6) is 5.75 Å². The zero-order valence-corrected chi connectivity index (χ0v) is 22.4. The molecule has 0 N–H and O–H groups in total. The molecule has 0 amide bonds. The first-order valence-electron chi connectivity index (χ1n) is 12.3. The first-order chi connectivity index (χ1) is 16.7. The van der Waals surface area contributed by atoms with Gasteiger partial charge in [0, 0.05) is 0 Å². The predicted octanol–water partition coefficient (Wildman–Crippen LogP) is 7.99. The third kappa shape index (κ3) is 4.99. The van der Waals surface area contributed by atoms with Crippen LogP contribution in [0, 0.1) is 0 Å². The maximum atomic E-state index is 6.38. The number of unbranched alkanes of at least 4 members (excludes halogenated alkanes) is 3. The molecule has 3 heteroatoms. The molecule has 176 valence electrons. The standard InChI is InChI=1S/C31H34BrOP/c1-2-3-4-16-25-33-31-24-15-14-17-27(31)26-34(32,28-18-8-5-9-19-28,29-20-10-6-11-21-29)30-22-12-7-13-23-30/h5-15,17-24H,2-4,16,25-26H2,1H3. The molecule has 0 unspecified atom stereocenters. The molecule has 0 radical (unpaired) electrons. The minimum atomic E-state index is -3.04. The molecule has 0 aliphatic heterocycles. The monoisotopic (exact) mass is 532 g/mol. The number of rotatable bonds is 11. The van der Waals surface area contributed by atoms with Gasteiger partial charge in [-0.15, -0.1) is 0 Å². The van der Waals surface area contributed by atoms with E-state index in [1.165, 1.54) is 40.7 Å². The summed E-state index contributed by atoms with van der Waals surface area (Å²) >= 11 is 4.57. The molecular formula is C31H34BrOP. The SMILES string of the molecule is CCCCCCOc1ccccc1CP(Br)(c1ccccc1)(c1ccccc1)c1ccccc1. The van der Waals surface area contributed by atoms with E-state index in [0.29, 0.717) is 0 Å². The summed E-state index contributed by atoms with van der Waals surface area (Å²) in [5, 5.41) is 0.924. The number of hydrogen-bond acceptors (Lipinski definition) is 1. The molecule has 0 aromatic heterocycles. The normalized spacial score (nSPS) is 12.6. The number of para-hydroxylation sites is 1. The molecule has 4 rings (SSSR count). The summed E-state index contributed by atoms with van der Waals surface area (Å²) in [5.41, 5.74) is 1.24. The van der Waals surface area contributed by atoms with E-state index in [-0.39, 0.29) is 0 Å². The Kier molecular flexibility index (Phi) is 8.24. The first kappa shape index (κ1) is 24.7. The van der Waals surface area contributed by atoms with Crippen LogP contribution >= 0.6 is 20.8 Å². The molecule has 0 bridgehead atoms. The maximum absolute atomic E-state index is 6.38. The second kappa shape index (κ2) is 11.3. The molecule has 0 fully saturated rings. The fourth-order valence-electron chi connectivity index (χ4n) is 4.74. The summed E-state index contributed by atoms with van der Waals surface area (Å²) < 4.78 is 6.38. The van der Waals surface area contributed by atoms with Crippen LogP contribution in [0.4, 0.5) is 0 Å². The van der Waals surface area contributed by atoms with Crippen molar-refractivity contribution in [2.24, 2.45) is 0 Å². The van der Waals surface area contributed by atoms with Crippen LogP contribution in [0.15, 0.2) is 115 Å². The Bertz CT molecular complexity index is 1060. The average molecular weight is 533 g/mol. The van der Waals surface area contributed by atoms with E-state index in [2.05, 4.69) is 138 Å². The van der Waals surface area contributed by atoms with Crippen molar-refractivity contribution in [2.75, 3.05) is 6.61 Å². The molecule has 34 heavy (non-hydrogen) atoms.